The third kappa shape index (κ3) is 2.94. The molecule has 0 aliphatic heterocycles. The van der Waals surface area contributed by atoms with Gasteiger partial charge in [0.1, 0.15) is 11.9 Å². The van der Waals surface area contributed by atoms with Gasteiger partial charge in [-0.15, -0.1) is 11.8 Å². The Kier molecular flexibility index (Phi) is 4.44. The zero-order chi connectivity index (χ0) is 13.0. The summed E-state index contributed by atoms with van der Waals surface area (Å²) in [5, 5.41) is 10.2. The zero-order valence-electron chi connectivity index (χ0n) is 10.7. The molecular weight excluding hydrogens is 244 g/mol. The fourth-order valence-corrected chi connectivity index (χ4v) is 2.80. The van der Waals surface area contributed by atoms with Crippen molar-refractivity contribution in [1.29, 1.82) is 0 Å². The predicted octanol–water partition coefficient (Wildman–Crippen LogP) is 3.04. The van der Waals surface area contributed by atoms with Gasteiger partial charge in [0.25, 0.3) is 0 Å². The quantitative estimate of drug-likeness (QED) is 0.842. The molecule has 0 amide bonds. The highest BCUT2D eigenvalue weighted by molar-refractivity contribution is 7.99. The molecule has 0 radical (unpaired) electrons. The van der Waals surface area contributed by atoms with Crippen LogP contribution in [0.15, 0.2) is 41.6 Å². The SMILES string of the molecule is CCn1ccnc1C(O)CSc1ccccc1C. The standard InChI is InChI=1S/C14H18N2OS/c1-3-16-9-8-15-14(16)12(17)10-18-13-7-5-4-6-11(13)2/h4-9,12,17H,3,10H2,1-2H3. The first kappa shape index (κ1) is 13.2. The average Bonchev–Trinajstić information content (AvgIpc) is 2.86. The maximum atomic E-state index is 10.2. The topological polar surface area (TPSA) is 38.0 Å². The number of hydrogen-bond acceptors (Lipinski definition) is 3. The number of aryl methyl sites for hydroxylation is 2. The van der Waals surface area contributed by atoms with Crippen molar-refractivity contribution >= 4 is 11.8 Å². The molecule has 0 saturated heterocycles. The molecule has 0 spiro atoms. The van der Waals surface area contributed by atoms with Crippen LogP contribution in [0.4, 0.5) is 0 Å². The van der Waals surface area contributed by atoms with Crippen LogP contribution in [-0.2, 0) is 6.54 Å². The number of thioether (sulfide) groups is 1. The van der Waals surface area contributed by atoms with Crippen LogP contribution < -0.4 is 0 Å². The maximum Gasteiger partial charge on any atom is 0.138 e. The molecule has 1 heterocycles. The number of hydrogen-bond donors (Lipinski definition) is 1. The van der Waals surface area contributed by atoms with Crippen molar-refractivity contribution in [2.75, 3.05) is 5.75 Å². The fourth-order valence-electron chi connectivity index (χ4n) is 1.85. The zero-order valence-corrected chi connectivity index (χ0v) is 11.5. The van der Waals surface area contributed by atoms with Crippen LogP contribution in [-0.4, -0.2) is 20.4 Å². The highest BCUT2D eigenvalue weighted by atomic mass is 32.2. The van der Waals surface area contributed by atoms with Crippen molar-refractivity contribution in [2.24, 2.45) is 0 Å². The Hall–Kier alpha value is -1.26. The molecule has 1 aromatic carbocycles. The molecule has 0 aliphatic carbocycles. The van der Waals surface area contributed by atoms with Gasteiger partial charge < -0.3 is 9.67 Å². The second-order valence-corrected chi connectivity index (χ2v) is 5.23. The first-order chi connectivity index (χ1) is 8.72. The fraction of sp³-hybridized carbons (Fsp3) is 0.357. The molecule has 4 heteroatoms. The number of aliphatic hydroxyl groups excluding tert-OH is 1. The number of nitrogens with zero attached hydrogens (tertiary/aromatic N) is 2. The summed E-state index contributed by atoms with van der Waals surface area (Å²) in [5.41, 5.74) is 1.24. The minimum atomic E-state index is -0.524. The monoisotopic (exact) mass is 262 g/mol. The van der Waals surface area contributed by atoms with Crippen molar-refractivity contribution in [2.45, 2.75) is 31.4 Å². The Bertz CT molecular complexity index is 510. The van der Waals surface area contributed by atoms with E-state index in [9.17, 15) is 5.11 Å². The number of benzene rings is 1. The molecule has 1 atom stereocenters. The first-order valence-corrected chi connectivity index (χ1v) is 7.08. The Labute approximate surface area is 112 Å². The highest BCUT2D eigenvalue weighted by Crippen LogP contribution is 2.26. The van der Waals surface area contributed by atoms with Gasteiger partial charge in [-0.25, -0.2) is 4.98 Å². The molecule has 0 bridgehead atoms. The molecule has 3 nitrogen and oxygen atoms in total. The average molecular weight is 262 g/mol. The van der Waals surface area contributed by atoms with Crippen molar-refractivity contribution in [3.63, 3.8) is 0 Å². The van der Waals surface area contributed by atoms with E-state index in [0.29, 0.717) is 5.75 Å². The van der Waals surface area contributed by atoms with Crippen LogP contribution in [0.3, 0.4) is 0 Å². The van der Waals surface area contributed by atoms with Crippen LogP contribution in [0, 0.1) is 6.92 Å². The van der Waals surface area contributed by atoms with Crippen LogP contribution >= 0.6 is 11.8 Å². The van der Waals surface area contributed by atoms with Crippen molar-refractivity contribution in [3.8, 4) is 0 Å². The summed E-state index contributed by atoms with van der Waals surface area (Å²) in [7, 11) is 0. The number of imidazole rings is 1. The molecule has 1 aromatic heterocycles. The minimum absolute atomic E-state index is 0.524. The second kappa shape index (κ2) is 6.07. The smallest absolute Gasteiger partial charge is 0.138 e. The molecule has 2 aromatic rings. The molecule has 2 rings (SSSR count). The second-order valence-electron chi connectivity index (χ2n) is 4.16. The molecule has 96 valence electrons. The van der Waals surface area contributed by atoms with E-state index in [4.69, 9.17) is 0 Å². The van der Waals surface area contributed by atoms with Gasteiger partial charge >= 0.3 is 0 Å². The summed E-state index contributed by atoms with van der Waals surface area (Å²) in [6, 6.07) is 8.22. The molecule has 0 fully saturated rings. The van der Waals surface area contributed by atoms with E-state index in [1.807, 2.05) is 29.8 Å². The van der Waals surface area contributed by atoms with Gasteiger partial charge in [0, 0.05) is 29.6 Å². The van der Waals surface area contributed by atoms with Gasteiger partial charge in [0.2, 0.25) is 0 Å². The first-order valence-electron chi connectivity index (χ1n) is 6.10. The maximum absolute atomic E-state index is 10.2. The Balaban J connectivity index is 2.01. The summed E-state index contributed by atoms with van der Waals surface area (Å²) in [6.07, 6.45) is 3.11. The van der Waals surface area contributed by atoms with Crippen LogP contribution in [0.2, 0.25) is 0 Å². The van der Waals surface area contributed by atoms with Crippen LogP contribution in [0.25, 0.3) is 0 Å². The van der Waals surface area contributed by atoms with Gasteiger partial charge in [-0.3, -0.25) is 0 Å². The van der Waals surface area contributed by atoms with Crippen molar-refractivity contribution in [3.05, 3.63) is 48.0 Å². The Morgan fingerprint density at radius 3 is 2.89 bits per heavy atom. The molecule has 18 heavy (non-hydrogen) atoms. The predicted molar refractivity (Wildman–Crippen MR) is 74.8 cm³/mol. The lowest BCUT2D eigenvalue weighted by Gasteiger charge is -2.12. The summed E-state index contributed by atoms with van der Waals surface area (Å²) < 4.78 is 1.98. The van der Waals surface area contributed by atoms with E-state index in [0.717, 1.165) is 12.4 Å². The molecule has 1 N–H and O–H groups in total. The van der Waals surface area contributed by atoms with Crippen molar-refractivity contribution in [1.82, 2.24) is 9.55 Å². The summed E-state index contributed by atoms with van der Waals surface area (Å²) in [6.45, 7) is 4.97. The normalized spacial score (nSPS) is 12.6. The van der Waals surface area contributed by atoms with Gasteiger partial charge in [-0.2, -0.15) is 0 Å². The van der Waals surface area contributed by atoms with E-state index in [1.54, 1.807) is 18.0 Å². The molecular formula is C14H18N2OS. The lowest BCUT2D eigenvalue weighted by Crippen LogP contribution is -2.09. The largest absolute Gasteiger partial charge is 0.384 e. The third-order valence-electron chi connectivity index (χ3n) is 2.88. The molecule has 1 unspecified atom stereocenters. The molecule has 0 aliphatic rings. The number of aliphatic hydroxyl groups is 1. The van der Waals surface area contributed by atoms with Crippen LogP contribution in [0.5, 0.6) is 0 Å². The van der Waals surface area contributed by atoms with Gasteiger partial charge in [0.05, 0.1) is 0 Å². The lowest BCUT2D eigenvalue weighted by atomic mass is 10.2. The van der Waals surface area contributed by atoms with E-state index in [-0.39, 0.29) is 0 Å². The summed E-state index contributed by atoms with van der Waals surface area (Å²) in [5.74, 6) is 1.38. The highest BCUT2D eigenvalue weighted by Gasteiger charge is 2.13. The number of rotatable bonds is 5. The van der Waals surface area contributed by atoms with Gasteiger partial charge in [-0.1, -0.05) is 18.2 Å². The minimum Gasteiger partial charge on any atom is -0.384 e. The van der Waals surface area contributed by atoms with E-state index < -0.39 is 6.10 Å². The summed E-state index contributed by atoms with van der Waals surface area (Å²) in [4.78, 5) is 5.44. The lowest BCUT2D eigenvalue weighted by molar-refractivity contribution is 0.189. The van der Waals surface area contributed by atoms with Crippen molar-refractivity contribution < 1.29 is 5.11 Å². The number of aromatic nitrogens is 2. The summed E-state index contributed by atoms with van der Waals surface area (Å²) >= 11 is 1.67. The molecule has 0 saturated carbocycles. The van der Waals surface area contributed by atoms with E-state index in [1.165, 1.54) is 10.5 Å². The van der Waals surface area contributed by atoms with E-state index in [2.05, 4.69) is 24.0 Å². The Morgan fingerprint density at radius 2 is 2.17 bits per heavy atom. The van der Waals surface area contributed by atoms with E-state index >= 15 is 0 Å². The van der Waals surface area contributed by atoms with Gasteiger partial charge in [0.15, 0.2) is 0 Å². The third-order valence-corrected chi connectivity index (χ3v) is 4.13. The Morgan fingerprint density at radius 1 is 1.39 bits per heavy atom. The van der Waals surface area contributed by atoms with Crippen LogP contribution in [0.1, 0.15) is 24.4 Å². The van der Waals surface area contributed by atoms with Gasteiger partial charge in [-0.05, 0) is 25.5 Å².